The fourth-order valence-electron chi connectivity index (χ4n) is 8.00. The maximum Gasteiger partial charge on any atom is 0.0555 e. The molecule has 11 rings (SSSR count). The minimum absolute atomic E-state index is 1.13. The van der Waals surface area contributed by atoms with Gasteiger partial charge in [-0.15, -0.1) is 22.7 Å². The van der Waals surface area contributed by atoms with E-state index in [-0.39, 0.29) is 0 Å². The molecule has 52 heavy (non-hydrogen) atoms. The van der Waals surface area contributed by atoms with Crippen LogP contribution in [0, 0.1) is 0 Å². The summed E-state index contributed by atoms with van der Waals surface area (Å²) >= 11 is 3.76. The molecule has 0 aliphatic rings. The quantitative estimate of drug-likeness (QED) is 0.174. The van der Waals surface area contributed by atoms with Crippen LogP contribution in [-0.4, -0.2) is 4.57 Å². The third-order valence-corrected chi connectivity index (χ3v) is 12.7. The number of nitrogens with zero attached hydrogens (tertiary/aromatic N) is 2. The van der Waals surface area contributed by atoms with Crippen molar-refractivity contribution in [1.29, 1.82) is 0 Å². The molecule has 3 aromatic heterocycles. The Morgan fingerprint density at radius 3 is 1.75 bits per heavy atom. The fraction of sp³-hybridized carbons (Fsp3) is 0. The summed E-state index contributed by atoms with van der Waals surface area (Å²) in [6, 6.07) is 66.5. The summed E-state index contributed by atoms with van der Waals surface area (Å²) in [5, 5.41) is 7.86. The Hall–Kier alpha value is -6.20. The maximum absolute atomic E-state index is 2.42. The monoisotopic (exact) mass is 698 g/mol. The molecule has 0 N–H and O–H groups in total. The van der Waals surface area contributed by atoms with Crippen molar-refractivity contribution in [2.45, 2.75) is 0 Å². The van der Waals surface area contributed by atoms with E-state index in [1.807, 2.05) is 22.7 Å². The van der Waals surface area contributed by atoms with E-state index >= 15 is 0 Å². The van der Waals surface area contributed by atoms with E-state index in [9.17, 15) is 0 Å². The van der Waals surface area contributed by atoms with Gasteiger partial charge in [-0.1, -0.05) is 97.1 Å². The topological polar surface area (TPSA) is 8.17 Å². The van der Waals surface area contributed by atoms with E-state index in [0.29, 0.717) is 0 Å². The van der Waals surface area contributed by atoms with Gasteiger partial charge < -0.3 is 9.47 Å². The van der Waals surface area contributed by atoms with Crippen LogP contribution in [0.15, 0.2) is 182 Å². The molecule has 8 aromatic carbocycles. The molecular formula is C48H30N2S2. The summed E-state index contributed by atoms with van der Waals surface area (Å²) in [5.41, 5.74) is 9.45. The Bertz CT molecular complexity index is 3110. The summed E-state index contributed by atoms with van der Waals surface area (Å²) in [7, 11) is 0. The Kier molecular flexibility index (Phi) is 6.63. The van der Waals surface area contributed by atoms with Gasteiger partial charge in [0, 0.05) is 73.9 Å². The Morgan fingerprint density at radius 1 is 0.365 bits per heavy atom. The lowest BCUT2D eigenvalue weighted by atomic mass is 10.0. The average molecular weight is 699 g/mol. The van der Waals surface area contributed by atoms with Gasteiger partial charge >= 0.3 is 0 Å². The molecule has 0 spiro atoms. The van der Waals surface area contributed by atoms with Crippen molar-refractivity contribution in [3.8, 4) is 16.8 Å². The second-order valence-corrected chi connectivity index (χ2v) is 15.5. The predicted octanol–water partition coefficient (Wildman–Crippen LogP) is 14.7. The fourth-order valence-corrected chi connectivity index (χ4v) is 10.3. The van der Waals surface area contributed by atoms with E-state index in [1.54, 1.807) is 0 Å². The molecule has 11 aromatic rings. The highest BCUT2D eigenvalue weighted by Crippen LogP contribution is 2.45. The molecule has 2 nitrogen and oxygen atoms in total. The molecule has 3 heterocycles. The number of rotatable bonds is 5. The SMILES string of the molecule is c1ccc(N(c2ccc(-c3ccc4c(c3)c3c5sc6ccccc6c5ccc3n4-c3ccccc3)cc2)c2ccc3sc4ccccc4c3c2)cc1. The molecule has 0 atom stereocenters. The minimum Gasteiger partial charge on any atom is -0.310 e. The van der Waals surface area contributed by atoms with Gasteiger partial charge in [0.1, 0.15) is 0 Å². The lowest BCUT2D eigenvalue weighted by molar-refractivity contribution is 1.18. The van der Waals surface area contributed by atoms with Gasteiger partial charge in [-0.05, 0) is 96.1 Å². The van der Waals surface area contributed by atoms with Crippen molar-refractivity contribution >= 4 is 102 Å². The summed E-state index contributed by atoms with van der Waals surface area (Å²) in [6.07, 6.45) is 0. The average Bonchev–Trinajstić information content (AvgIpc) is 3.88. The lowest BCUT2D eigenvalue weighted by Gasteiger charge is -2.26. The summed E-state index contributed by atoms with van der Waals surface area (Å²) in [4.78, 5) is 2.37. The van der Waals surface area contributed by atoms with Crippen LogP contribution in [0.5, 0.6) is 0 Å². The van der Waals surface area contributed by atoms with Crippen molar-refractivity contribution in [3.63, 3.8) is 0 Å². The number of benzene rings is 8. The number of aromatic nitrogens is 1. The van der Waals surface area contributed by atoms with Gasteiger partial charge in [0.25, 0.3) is 0 Å². The summed E-state index contributed by atoms with van der Waals surface area (Å²) in [6.45, 7) is 0. The first-order chi connectivity index (χ1) is 25.8. The van der Waals surface area contributed by atoms with Crippen LogP contribution in [0.2, 0.25) is 0 Å². The van der Waals surface area contributed by atoms with Crippen molar-refractivity contribution in [1.82, 2.24) is 4.57 Å². The molecule has 0 unspecified atom stereocenters. The Labute approximate surface area is 308 Å². The standard InChI is InChI=1S/C48H30N2S2/c1-3-11-33(12-4-1)49(36-24-28-46-40(30-36)38-16-8-9-17-44(38)51-46)35-22-19-31(20-23-35)32-21-26-42-41(29-32)47-43(50(42)34-13-5-2-6-14-34)27-25-39-37-15-7-10-18-45(37)52-48(39)47/h1-30H. The minimum atomic E-state index is 1.13. The predicted molar refractivity (Wildman–Crippen MR) is 227 cm³/mol. The van der Waals surface area contributed by atoms with E-state index < -0.39 is 0 Å². The van der Waals surface area contributed by atoms with Gasteiger partial charge in [0.15, 0.2) is 0 Å². The molecule has 0 aliphatic carbocycles. The number of para-hydroxylation sites is 2. The normalized spacial score (nSPS) is 11.8. The highest BCUT2D eigenvalue weighted by atomic mass is 32.1. The molecule has 0 saturated heterocycles. The van der Waals surface area contributed by atoms with Crippen molar-refractivity contribution < 1.29 is 0 Å². The van der Waals surface area contributed by atoms with Crippen molar-refractivity contribution in [2.24, 2.45) is 0 Å². The second kappa shape index (κ2) is 11.7. The maximum atomic E-state index is 2.42. The zero-order valence-corrected chi connectivity index (χ0v) is 29.7. The van der Waals surface area contributed by atoms with Crippen LogP contribution in [-0.2, 0) is 0 Å². The first-order valence-corrected chi connectivity index (χ1v) is 19.2. The third kappa shape index (κ3) is 4.55. The van der Waals surface area contributed by atoms with E-state index in [1.165, 1.54) is 79.0 Å². The van der Waals surface area contributed by atoms with Gasteiger partial charge in [0.2, 0.25) is 0 Å². The van der Waals surface area contributed by atoms with E-state index in [4.69, 9.17) is 0 Å². The number of anilines is 3. The molecule has 244 valence electrons. The van der Waals surface area contributed by atoms with E-state index in [2.05, 4.69) is 191 Å². The molecule has 0 aliphatic heterocycles. The first-order valence-electron chi connectivity index (χ1n) is 17.6. The zero-order valence-electron chi connectivity index (χ0n) is 28.0. The third-order valence-electron chi connectivity index (χ3n) is 10.4. The van der Waals surface area contributed by atoms with Crippen molar-refractivity contribution in [2.75, 3.05) is 4.90 Å². The number of fused-ring (bicyclic) bond motifs is 10. The summed E-state index contributed by atoms with van der Waals surface area (Å²) < 4.78 is 7.73. The number of hydrogen-bond donors (Lipinski definition) is 0. The Balaban J connectivity index is 1.07. The molecular weight excluding hydrogens is 669 g/mol. The molecule has 0 saturated carbocycles. The molecule has 0 bridgehead atoms. The van der Waals surface area contributed by atoms with E-state index in [0.717, 1.165) is 17.1 Å². The van der Waals surface area contributed by atoms with Gasteiger partial charge in [-0.25, -0.2) is 0 Å². The van der Waals surface area contributed by atoms with Crippen LogP contribution >= 0.6 is 22.7 Å². The van der Waals surface area contributed by atoms with Crippen molar-refractivity contribution in [3.05, 3.63) is 182 Å². The Morgan fingerprint density at radius 2 is 0.962 bits per heavy atom. The molecule has 0 fully saturated rings. The molecule has 4 heteroatoms. The summed E-state index contributed by atoms with van der Waals surface area (Å²) in [5.74, 6) is 0. The largest absolute Gasteiger partial charge is 0.310 e. The highest BCUT2D eigenvalue weighted by Gasteiger charge is 2.19. The number of thiophene rings is 2. The van der Waals surface area contributed by atoms with Gasteiger partial charge in [0.05, 0.1) is 11.0 Å². The van der Waals surface area contributed by atoms with Crippen LogP contribution < -0.4 is 4.90 Å². The van der Waals surface area contributed by atoms with Gasteiger partial charge in [-0.3, -0.25) is 0 Å². The van der Waals surface area contributed by atoms with Crippen LogP contribution in [0.25, 0.3) is 79.0 Å². The number of hydrogen-bond acceptors (Lipinski definition) is 3. The first kappa shape index (κ1) is 29.5. The van der Waals surface area contributed by atoms with Crippen LogP contribution in [0.4, 0.5) is 17.1 Å². The van der Waals surface area contributed by atoms with Gasteiger partial charge in [-0.2, -0.15) is 0 Å². The zero-order chi connectivity index (χ0) is 34.2. The molecule has 0 amide bonds. The lowest BCUT2D eigenvalue weighted by Crippen LogP contribution is -2.09. The highest BCUT2D eigenvalue weighted by molar-refractivity contribution is 7.27. The smallest absolute Gasteiger partial charge is 0.0555 e. The van der Waals surface area contributed by atoms with Crippen LogP contribution in [0.1, 0.15) is 0 Å². The molecule has 0 radical (unpaired) electrons. The van der Waals surface area contributed by atoms with Crippen LogP contribution in [0.3, 0.4) is 0 Å². The second-order valence-electron chi connectivity index (χ2n) is 13.3.